The number of hydrogen-bond acceptors (Lipinski definition) is 8. The maximum Gasteiger partial charge on any atom is 0.305 e. The third-order valence-electron chi connectivity index (χ3n) is 7.62. The molecule has 248 valence electrons. The number of aliphatic hydroxyl groups is 3. The fraction of sp³-hybridized carbons (Fsp3) is 0.844. The Morgan fingerprint density at radius 3 is 1.81 bits per heavy atom. The summed E-state index contributed by atoms with van der Waals surface area (Å²) in [4.78, 5) is 24.5. The Balaban J connectivity index is 3.76. The van der Waals surface area contributed by atoms with Gasteiger partial charge in [-0.1, -0.05) is 69.8 Å². The molecule has 0 aliphatic heterocycles. The van der Waals surface area contributed by atoms with Crippen LogP contribution < -0.4 is 4.89 Å². The van der Waals surface area contributed by atoms with Gasteiger partial charge in [0.15, 0.2) is 13.9 Å². The van der Waals surface area contributed by atoms with Gasteiger partial charge in [0.2, 0.25) is 0 Å². The number of allylic oxidation sites excluding steroid dienone is 4. The topological polar surface area (TPSA) is 136 Å². The first-order valence-electron chi connectivity index (χ1n) is 16.2. The molecule has 0 aromatic carbocycles. The number of nitrogens with zero attached hydrogens (tertiary/aromatic N) is 1. The minimum Gasteiger partial charge on any atom is -0.774 e. The molecule has 10 heteroatoms. The van der Waals surface area contributed by atoms with Crippen molar-refractivity contribution >= 4 is 13.6 Å². The molecule has 0 radical (unpaired) electrons. The van der Waals surface area contributed by atoms with Crippen LogP contribution in [-0.2, 0) is 18.6 Å². The molecule has 0 saturated heterocycles. The Morgan fingerprint density at radius 2 is 1.29 bits per heavy atom. The third-order valence-corrected chi connectivity index (χ3v) is 9.67. The van der Waals surface area contributed by atoms with Crippen LogP contribution in [0.25, 0.3) is 0 Å². The van der Waals surface area contributed by atoms with Crippen LogP contribution in [0.2, 0.25) is 0 Å². The molecule has 0 fully saturated rings. The zero-order valence-electron chi connectivity index (χ0n) is 27.0. The first-order chi connectivity index (χ1) is 19.9. The lowest BCUT2D eigenvalue weighted by Crippen LogP contribution is -2.50. The van der Waals surface area contributed by atoms with Crippen LogP contribution in [0.1, 0.15) is 123 Å². The van der Waals surface area contributed by atoms with E-state index in [2.05, 4.69) is 31.2 Å². The maximum absolute atomic E-state index is 12.5. The van der Waals surface area contributed by atoms with E-state index in [0.717, 1.165) is 32.1 Å². The van der Waals surface area contributed by atoms with Gasteiger partial charge < -0.3 is 38.5 Å². The van der Waals surface area contributed by atoms with Crippen LogP contribution in [0.5, 0.6) is 0 Å². The van der Waals surface area contributed by atoms with Crippen LogP contribution in [0, 0.1) is 0 Å². The Hall–Kier alpha value is -1.06. The number of carbonyl (C=O) groups excluding carboxylic acids is 1. The molecule has 0 rings (SSSR count). The van der Waals surface area contributed by atoms with Gasteiger partial charge in [0.05, 0.1) is 27.2 Å². The van der Waals surface area contributed by atoms with E-state index in [0.29, 0.717) is 0 Å². The monoisotopic (exact) mass is 619 g/mol. The summed E-state index contributed by atoms with van der Waals surface area (Å²) < 4.78 is 22.5. The molecule has 0 aliphatic rings. The van der Waals surface area contributed by atoms with Crippen molar-refractivity contribution in [3.05, 3.63) is 24.3 Å². The number of hydrogen-bond donors (Lipinski definition) is 3. The molecule has 42 heavy (non-hydrogen) atoms. The summed E-state index contributed by atoms with van der Waals surface area (Å²) in [5.74, 6) is -1.38. The second-order valence-electron chi connectivity index (χ2n) is 12.0. The van der Waals surface area contributed by atoms with Crippen molar-refractivity contribution in [3.8, 4) is 0 Å². The van der Waals surface area contributed by atoms with E-state index in [1.807, 2.05) is 0 Å². The van der Waals surface area contributed by atoms with Crippen LogP contribution in [-0.4, -0.2) is 77.8 Å². The van der Waals surface area contributed by atoms with Crippen molar-refractivity contribution in [1.29, 1.82) is 0 Å². The largest absolute Gasteiger partial charge is 0.774 e. The lowest BCUT2D eigenvalue weighted by atomic mass is 10.1. The molecular formula is C32H62NO8P. The lowest BCUT2D eigenvalue weighted by molar-refractivity contribution is -0.902. The zero-order valence-corrected chi connectivity index (χ0v) is 27.9. The normalized spacial score (nSPS) is 15.5. The van der Waals surface area contributed by atoms with E-state index in [-0.39, 0.29) is 30.5 Å². The fourth-order valence-corrected chi connectivity index (χ4v) is 5.85. The summed E-state index contributed by atoms with van der Waals surface area (Å²) in [5.41, 5.74) is 0. The summed E-state index contributed by atoms with van der Waals surface area (Å²) in [7, 11) is -1.07. The molecule has 0 aliphatic carbocycles. The highest BCUT2D eigenvalue weighted by Gasteiger charge is 2.34. The smallest absolute Gasteiger partial charge is 0.305 e. The van der Waals surface area contributed by atoms with E-state index in [1.165, 1.54) is 71.1 Å². The van der Waals surface area contributed by atoms with Crippen LogP contribution >= 0.6 is 7.60 Å². The SMILES string of the molecule is CCCCC/C=C\CCCC/C=C\CCCCCCCCC(=O)OC[C@@H](O)COP(=O)([O-])C(C)[N+](C)(C)CCC(O)O. The highest BCUT2D eigenvalue weighted by atomic mass is 31.2. The predicted molar refractivity (Wildman–Crippen MR) is 168 cm³/mol. The van der Waals surface area contributed by atoms with Gasteiger partial charge in [-0.3, -0.25) is 4.79 Å². The number of quaternary nitrogens is 1. The Bertz CT molecular complexity index is 772. The van der Waals surface area contributed by atoms with Gasteiger partial charge in [-0.15, -0.1) is 0 Å². The first kappa shape index (κ1) is 40.9. The zero-order chi connectivity index (χ0) is 31.7. The van der Waals surface area contributed by atoms with Crippen molar-refractivity contribution in [2.75, 3.05) is 33.9 Å². The van der Waals surface area contributed by atoms with Crippen LogP contribution in [0.4, 0.5) is 0 Å². The molecule has 0 aromatic heterocycles. The molecule has 0 amide bonds. The van der Waals surface area contributed by atoms with E-state index in [1.54, 1.807) is 14.1 Å². The number of unbranched alkanes of at least 4 members (excludes halogenated alkanes) is 12. The maximum atomic E-state index is 12.5. The number of ether oxygens (including phenoxy) is 1. The minimum absolute atomic E-state index is 0.0194. The Kier molecular flexibility index (Phi) is 24.6. The molecule has 3 atom stereocenters. The van der Waals surface area contributed by atoms with Crippen molar-refractivity contribution < 1.29 is 43.3 Å². The Labute approximate surface area is 256 Å². The van der Waals surface area contributed by atoms with E-state index in [4.69, 9.17) is 19.5 Å². The molecule has 9 nitrogen and oxygen atoms in total. The van der Waals surface area contributed by atoms with Crippen molar-refractivity contribution in [1.82, 2.24) is 0 Å². The number of rotatable bonds is 28. The number of aliphatic hydroxyl groups excluding tert-OH is 2. The van der Waals surface area contributed by atoms with Crippen LogP contribution in [0.15, 0.2) is 24.3 Å². The van der Waals surface area contributed by atoms with Gasteiger partial charge in [-0.25, -0.2) is 0 Å². The quantitative estimate of drug-likeness (QED) is 0.0244. The van der Waals surface area contributed by atoms with E-state index in [9.17, 15) is 19.4 Å². The average Bonchev–Trinajstić information content (AvgIpc) is 2.94. The molecular weight excluding hydrogens is 557 g/mol. The number of esters is 1. The molecule has 0 bridgehead atoms. The summed E-state index contributed by atoms with van der Waals surface area (Å²) >= 11 is 0. The Morgan fingerprint density at radius 1 is 0.810 bits per heavy atom. The average molecular weight is 620 g/mol. The van der Waals surface area contributed by atoms with Gasteiger partial charge in [-0.05, 0) is 64.7 Å². The highest BCUT2D eigenvalue weighted by Crippen LogP contribution is 2.46. The van der Waals surface area contributed by atoms with Crippen LogP contribution in [0.3, 0.4) is 0 Å². The van der Waals surface area contributed by atoms with Gasteiger partial charge >= 0.3 is 5.97 Å². The van der Waals surface area contributed by atoms with Gasteiger partial charge in [0.25, 0.3) is 0 Å². The van der Waals surface area contributed by atoms with Gasteiger partial charge in [0, 0.05) is 12.8 Å². The van der Waals surface area contributed by atoms with E-state index < -0.39 is 38.3 Å². The molecule has 0 heterocycles. The molecule has 2 unspecified atom stereocenters. The summed E-state index contributed by atoms with van der Waals surface area (Å²) in [6.45, 7) is 3.09. The van der Waals surface area contributed by atoms with Gasteiger partial charge in [0.1, 0.15) is 18.5 Å². The van der Waals surface area contributed by atoms with E-state index >= 15 is 0 Å². The second-order valence-corrected chi connectivity index (χ2v) is 14.0. The summed E-state index contributed by atoms with van der Waals surface area (Å²) in [5, 5.41) is 28.1. The lowest BCUT2D eigenvalue weighted by Gasteiger charge is -2.42. The minimum atomic E-state index is -4.36. The fourth-order valence-electron chi connectivity index (χ4n) is 4.37. The standard InChI is InChI=1S/C32H62NO8P/c1-5-6-7-8-9-10-11-12-13-14-15-16-17-18-19-20-21-22-23-24-32(37)40-27-30(34)28-41-42(38,39)29(2)33(3,4)26-25-31(35)36/h9-10,15-16,29-31,34-36H,5-8,11-14,17-28H2,1-4H3/b10-9-,16-15-/t29?,30-/m1/s1. The predicted octanol–water partition coefficient (Wildman–Crippen LogP) is 5.96. The molecule has 0 aromatic rings. The first-order valence-corrected chi connectivity index (χ1v) is 17.8. The summed E-state index contributed by atoms with van der Waals surface area (Å²) in [6, 6.07) is 0. The number of carbonyl (C=O) groups is 1. The third kappa shape index (κ3) is 23.4. The van der Waals surface area contributed by atoms with Gasteiger partial charge in [-0.2, -0.15) is 0 Å². The highest BCUT2D eigenvalue weighted by molar-refractivity contribution is 7.51. The molecule has 0 saturated carbocycles. The molecule has 0 spiro atoms. The second kappa shape index (κ2) is 25.3. The van der Waals surface area contributed by atoms with Crippen molar-refractivity contribution in [2.24, 2.45) is 0 Å². The summed E-state index contributed by atoms with van der Waals surface area (Å²) in [6.07, 6.45) is 24.2. The van der Waals surface area contributed by atoms with Crippen molar-refractivity contribution in [2.45, 2.75) is 141 Å². The molecule has 3 N–H and O–H groups in total. The van der Waals surface area contributed by atoms with Crippen molar-refractivity contribution in [3.63, 3.8) is 0 Å².